The lowest BCUT2D eigenvalue weighted by Crippen LogP contribution is -2.07. The van der Waals surface area contributed by atoms with Gasteiger partial charge in [0.1, 0.15) is 5.75 Å². The molecular weight excluding hydrogens is 240 g/mol. The van der Waals surface area contributed by atoms with E-state index < -0.39 is 0 Å². The number of nitrogens with zero attached hydrogens (tertiary/aromatic N) is 2. The minimum Gasteiger partial charge on any atom is -0.496 e. The number of carbonyl (C=O) groups is 1. The van der Waals surface area contributed by atoms with Gasteiger partial charge in [-0.2, -0.15) is 5.10 Å². The zero-order valence-corrected chi connectivity index (χ0v) is 11.9. The highest BCUT2D eigenvalue weighted by Gasteiger charge is 2.20. The SMILES string of the molecule is COc1c(C(=O)c2cnn(C)c2C)ccc(C)c1C. The summed E-state index contributed by atoms with van der Waals surface area (Å²) < 4.78 is 7.09. The number of hydrogen-bond donors (Lipinski definition) is 0. The van der Waals surface area contributed by atoms with Crippen molar-refractivity contribution in [1.29, 1.82) is 0 Å². The molecule has 0 amide bonds. The molecule has 2 aromatic rings. The van der Waals surface area contributed by atoms with Gasteiger partial charge in [-0.15, -0.1) is 0 Å². The van der Waals surface area contributed by atoms with E-state index in [1.807, 2.05) is 40.0 Å². The lowest BCUT2D eigenvalue weighted by Gasteiger charge is -2.12. The summed E-state index contributed by atoms with van der Waals surface area (Å²) in [4.78, 5) is 12.6. The summed E-state index contributed by atoms with van der Waals surface area (Å²) in [7, 11) is 3.42. The summed E-state index contributed by atoms with van der Waals surface area (Å²) in [6.45, 7) is 5.84. The van der Waals surface area contributed by atoms with Gasteiger partial charge in [-0.3, -0.25) is 9.48 Å². The molecular formula is C15H18N2O2. The van der Waals surface area contributed by atoms with Crippen molar-refractivity contribution in [3.05, 3.63) is 46.3 Å². The van der Waals surface area contributed by atoms with Gasteiger partial charge in [0, 0.05) is 12.7 Å². The molecule has 0 spiro atoms. The van der Waals surface area contributed by atoms with Crippen LogP contribution in [0, 0.1) is 20.8 Å². The highest BCUT2D eigenvalue weighted by Crippen LogP contribution is 2.28. The standard InChI is InChI=1S/C15H18N2O2/c1-9-6-7-12(15(19-5)10(9)2)14(18)13-8-16-17(4)11(13)3/h6-8H,1-5H3. The molecule has 1 aromatic carbocycles. The number of carbonyl (C=O) groups excluding carboxylic acids is 1. The van der Waals surface area contributed by atoms with E-state index in [0.717, 1.165) is 16.8 Å². The van der Waals surface area contributed by atoms with Crippen molar-refractivity contribution < 1.29 is 9.53 Å². The molecule has 0 N–H and O–H groups in total. The highest BCUT2D eigenvalue weighted by molar-refractivity contribution is 6.11. The molecule has 4 heteroatoms. The van der Waals surface area contributed by atoms with E-state index in [2.05, 4.69) is 5.10 Å². The third-order valence-electron chi connectivity index (χ3n) is 3.61. The molecule has 0 aliphatic heterocycles. The molecule has 2 rings (SSSR count). The Morgan fingerprint density at radius 2 is 1.89 bits per heavy atom. The molecule has 1 heterocycles. The maximum absolute atomic E-state index is 12.6. The van der Waals surface area contributed by atoms with Gasteiger partial charge in [0.05, 0.1) is 24.4 Å². The largest absolute Gasteiger partial charge is 0.496 e. The van der Waals surface area contributed by atoms with E-state index in [1.165, 1.54) is 0 Å². The average Bonchev–Trinajstić information content (AvgIpc) is 2.72. The molecule has 0 unspecified atom stereocenters. The van der Waals surface area contributed by atoms with E-state index in [-0.39, 0.29) is 5.78 Å². The number of aromatic nitrogens is 2. The molecule has 19 heavy (non-hydrogen) atoms. The first-order valence-electron chi connectivity index (χ1n) is 6.14. The van der Waals surface area contributed by atoms with Crippen LogP contribution in [0.5, 0.6) is 5.75 Å². The third-order valence-corrected chi connectivity index (χ3v) is 3.61. The van der Waals surface area contributed by atoms with Gasteiger partial charge in [-0.25, -0.2) is 0 Å². The van der Waals surface area contributed by atoms with Crippen molar-refractivity contribution in [3.8, 4) is 5.75 Å². The number of benzene rings is 1. The van der Waals surface area contributed by atoms with Crippen LogP contribution in [0.1, 0.15) is 32.7 Å². The van der Waals surface area contributed by atoms with Crippen molar-refractivity contribution in [2.75, 3.05) is 7.11 Å². The van der Waals surface area contributed by atoms with E-state index in [0.29, 0.717) is 16.9 Å². The first-order valence-corrected chi connectivity index (χ1v) is 6.14. The Bertz CT molecular complexity index is 642. The third kappa shape index (κ3) is 2.14. The molecule has 100 valence electrons. The van der Waals surface area contributed by atoms with Crippen molar-refractivity contribution >= 4 is 5.78 Å². The maximum Gasteiger partial charge on any atom is 0.200 e. The van der Waals surface area contributed by atoms with Gasteiger partial charge < -0.3 is 4.74 Å². The van der Waals surface area contributed by atoms with Crippen LogP contribution < -0.4 is 4.74 Å². The fraction of sp³-hybridized carbons (Fsp3) is 0.333. The smallest absolute Gasteiger partial charge is 0.200 e. The van der Waals surface area contributed by atoms with E-state index in [4.69, 9.17) is 4.74 Å². The summed E-state index contributed by atoms with van der Waals surface area (Å²) in [5.74, 6) is 0.596. The second kappa shape index (κ2) is 4.88. The number of methoxy groups -OCH3 is 1. The summed E-state index contributed by atoms with van der Waals surface area (Å²) in [5, 5.41) is 4.11. The molecule has 0 atom stereocenters. The zero-order valence-electron chi connectivity index (χ0n) is 11.9. The van der Waals surface area contributed by atoms with Crippen molar-refractivity contribution in [2.45, 2.75) is 20.8 Å². The van der Waals surface area contributed by atoms with Gasteiger partial charge in [0.15, 0.2) is 5.78 Å². The summed E-state index contributed by atoms with van der Waals surface area (Å²) in [6.07, 6.45) is 1.60. The van der Waals surface area contributed by atoms with Gasteiger partial charge >= 0.3 is 0 Å². The average molecular weight is 258 g/mol. The lowest BCUT2D eigenvalue weighted by atomic mass is 9.98. The fourth-order valence-electron chi connectivity index (χ4n) is 2.10. The Morgan fingerprint density at radius 3 is 2.42 bits per heavy atom. The Kier molecular flexibility index (Phi) is 3.42. The Morgan fingerprint density at radius 1 is 1.21 bits per heavy atom. The molecule has 0 bridgehead atoms. The molecule has 0 radical (unpaired) electrons. The summed E-state index contributed by atoms with van der Waals surface area (Å²) >= 11 is 0. The van der Waals surface area contributed by atoms with E-state index in [1.54, 1.807) is 18.0 Å². The van der Waals surface area contributed by atoms with E-state index >= 15 is 0 Å². The van der Waals surface area contributed by atoms with Crippen LogP contribution in [0.15, 0.2) is 18.3 Å². The zero-order chi connectivity index (χ0) is 14.2. The van der Waals surface area contributed by atoms with Crippen LogP contribution in [-0.4, -0.2) is 22.7 Å². The van der Waals surface area contributed by atoms with Crippen LogP contribution in [-0.2, 0) is 7.05 Å². The van der Waals surface area contributed by atoms with Crippen LogP contribution in [0.3, 0.4) is 0 Å². The molecule has 1 aromatic heterocycles. The predicted octanol–water partition coefficient (Wildman–Crippen LogP) is 2.58. The second-order valence-electron chi connectivity index (χ2n) is 4.68. The first-order chi connectivity index (χ1) is 8.97. The number of aryl methyl sites for hydroxylation is 2. The summed E-state index contributed by atoms with van der Waals surface area (Å²) in [6, 6.07) is 3.76. The predicted molar refractivity (Wildman–Crippen MR) is 73.8 cm³/mol. The van der Waals surface area contributed by atoms with Crippen LogP contribution in [0.2, 0.25) is 0 Å². The van der Waals surface area contributed by atoms with Crippen LogP contribution in [0.25, 0.3) is 0 Å². The quantitative estimate of drug-likeness (QED) is 0.795. The molecule has 0 aliphatic carbocycles. The maximum atomic E-state index is 12.6. The van der Waals surface area contributed by atoms with Crippen LogP contribution >= 0.6 is 0 Å². The summed E-state index contributed by atoms with van der Waals surface area (Å²) in [5.41, 5.74) is 4.15. The second-order valence-corrected chi connectivity index (χ2v) is 4.68. The lowest BCUT2D eigenvalue weighted by molar-refractivity contribution is 0.103. The number of hydrogen-bond acceptors (Lipinski definition) is 3. The molecule has 4 nitrogen and oxygen atoms in total. The minimum absolute atomic E-state index is 0.0504. The van der Waals surface area contributed by atoms with Gasteiger partial charge in [0.25, 0.3) is 0 Å². The van der Waals surface area contributed by atoms with Gasteiger partial charge in [0.2, 0.25) is 0 Å². The molecule has 0 aliphatic rings. The van der Waals surface area contributed by atoms with Gasteiger partial charge in [-0.05, 0) is 38.0 Å². The number of ether oxygens (including phenoxy) is 1. The Balaban J connectivity index is 2.56. The highest BCUT2D eigenvalue weighted by atomic mass is 16.5. The first kappa shape index (κ1) is 13.3. The van der Waals surface area contributed by atoms with E-state index in [9.17, 15) is 4.79 Å². The molecule has 0 saturated carbocycles. The number of rotatable bonds is 3. The molecule has 0 fully saturated rings. The number of ketones is 1. The van der Waals surface area contributed by atoms with Crippen LogP contribution in [0.4, 0.5) is 0 Å². The van der Waals surface area contributed by atoms with Crippen molar-refractivity contribution in [3.63, 3.8) is 0 Å². The fourth-order valence-corrected chi connectivity index (χ4v) is 2.10. The minimum atomic E-state index is -0.0504. The topological polar surface area (TPSA) is 44.1 Å². The monoisotopic (exact) mass is 258 g/mol. The van der Waals surface area contributed by atoms with Crippen molar-refractivity contribution in [1.82, 2.24) is 9.78 Å². The Hall–Kier alpha value is -2.10. The normalized spacial score (nSPS) is 10.6. The van der Waals surface area contributed by atoms with Crippen molar-refractivity contribution in [2.24, 2.45) is 7.05 Å². The molecule has 0 saturated heterocycles. The Labute approximate surface area is 113 Å². The van der Waals surface area contributed by atoms with Gasteiger partial charge in [-0.1, -0.05) is 6.07 Å².